The molecule has 0 bridgehead atoms. The maximum absolute atomic E-state index is 12.6. The number of nitrogens with zero attached hydrogens (tertiary/aromatic N) is 1. The summed E-state index contributed by atoms with van der Waals surface area (Å²) in [5.74, 6) is -0.00570. The first kappa shape index (κ1) is 22.0. The average Bonchev–Trinajstić information content (AvgIpc) is 2.58. The van der Waals surface area contributed by atoms with Crippen molar-refractivity contribution in [3.05, 3.63) is 29.8 Å². The van der Waals surface area contributed by atoms with Crippen LogP contribution >= 0.6 is 0 Å². The average molecular weight is 399 g/mol. The summed E-state index contributed by atoms with van der Waals surface area (Å²) in [5, 5.41) is 5.58. The summed E-state index contributed by atoms with van der Waals surface area (Å²) < 4.78 is 37.7. The van der Waals surface area contributed by atoms with Crippen LogP contribution in [0.3, 0.4) is 0 Å². The lowest BCUT2D eigenvalue weighted by Crippen LogP contribution is -2.51. The van der Waals surface area contributed by atoms with Crippen LogP contribution in [-0.2, 0) is 11.0 Å². The van der Waals surface area contributed by atoms with Crippen molar-refractivity contribution in [2.45, 2.75) is 58.2 Å². The lowest BCUT2D eigenvalue weighted by atomic mass is 9.93. The van der Waals surface area contributed by atoms with Gasteiger partial charge in [-0.3, -0.25) is 4.79 Å². The molecule has 2 rings (SSSR count). The van der Waals surface area contributed by atoms with Crippen molar-refractivity contribution >= 4 is 17.6 Å². The third-order valence-corrected chi connectivity index (χ3v) is 4.56. The second-order valence-corrected chi connectivity index (χ2v) is 8.30. The molecule has 1 aromatic carbocycles. The monoisotopic (exact) mass is 399 g/mol. The molecule has 0 unspecified atom stereocenters. The minimum atomic E-state index is -4.39. The number of carbonyl (C=O) groups excluding carboxylic acids is 2. The topological polar surface area (TPSA) is 61.4 Å². The Morgan fingerprint density at radius 2 is 1.79 bits per heavy atom. The molecule has 3 amide bonds. The number of anilines is 1. The standard InChI is InChI=1S/C20H28F3N3O2/c1-19(2,3)25-18(28)26-12-4-5-14(13-26)6-11-17(27)24-16-9-7-15(8-10-16)20(21,22)23/h7-10,14H,4-6,11-13H2,1-3H3,(H,24,27)(H,25,28)/t14-/m0/s1. The molecule has 1 aliphatic rings. The number of likely N-dealkylation sites (tertiary alicyclic amines) is 1. The van der Waals surface area contributed by atoms with Crippen molar-refractivity contribution in [1.29, 1.82) is 0 Å². The smallest absolute Gasteiger partial charge is 0.333 e. The number of hydrogen-bond acceptors (Lipinski definition) is 2. The molecule has 1 saturated heterocycles. The molecule has 0 spiro atoms. The van der Waals surface area contributed by atoms with E-state index in [4.69, 9.17) is 0 Å². The third-order valence-electron chi connectivity index (χ3n) is 4.56. The van der Waals surface area contributed by atoms with Gasteiger partial charge in [0.1, 0.15) is 0 Å². The Morgan fingerprint density at radius 3 is 2.36 bits per heavy atom. The number of piperidine rings is 1. The van der Waals surface area contributed by atoms with Crippen molar-refractivity contribution in [2.75, 3.05) is 18.4 Å². The quantitative estimate of drug-likeness (QED) is 0.775. The largest absolute Gasteiger partial charge is 0.416 e. The molecule has 28 heavy (non-hydrogen) atoms. The van der Waals surface area contributed by atoms with E-state index < -0.39 is 11.7 Å². The van der Waals surface area contributed by atoms with E-state index in [-0.39, 0.29) is 29.8 Å². The molecule has 156 valence electrons. The van der Waals surface area contributed by atoms with E-state index in [2.05, 4.69) is 10.6 Å². The fraction of sp³-hybridized carbons (Fsp3) is 0.600. The Bertz CT molecular complexity index is 681. The Morgan fingerprint density at radius 1 is 1.14 bits per heavy atom. The third kappa shape index (κ3) is 7.05. The van der Waals surface area contributed by atoms with Gasteiger partial charge in [0.05, 0.1) is 5.56 Å². The summed E-state index contributed by atoms with van der Waals surface area (Å²) >= 11 is 0. The highest BCUT2D eigenvalue weighted by molar-refractivity contribution is 5.90. The van der Waals surface area contributed by atoms with Crippen LogP contribution in [0.5, 0.6) is 0 Å². The van der Waals surface area contributed by atoms with Crippen molar-refractivity contribution in [2.24, 2.45) is 5.92 Å². The SMILES string of the molecule is CC(C)(C)NC(=O)N1CCC[C@@H](CCC(=O)Nc2ccc(C(F)(F)F)cc2)C1. The highest BCUT2D eigenvalue weighted by atomic mass is 19.4. The highest BCUT2D eigenvalue weighted by Crippen LogP contribution is 2.30. The molecule has 1 aromatic rings. The molecule has 2 N–H and O–H groups in total. The molecular weight excluding hydrogens is 371 g/mol. The minimum absolute atomic E-state index is 0.0913. The van der Waals surface area contributed by atoms with E-state index >= 15 is 0 Å². The Kier molecular flexibility index (Phi) is 6.96. The Balaban J connectivity index is 1.80. The summed E-state index contributed by atoms with van der Waals surface area (Å²) in [5.41, 5.74) is -0.708. The number of halogens is 3. The van der Waals surface area contributed by atoms with Crippen LogP contribution < -0.4 is 10.6 Å². The molecule has 0 aromatic heterocycles. The first-order valence-electron chi connectivity index (χ1n) is 9.48. The number of amides is 3. The lowest BCUT2D eigenvalue weighted by molar-refractivity contribution is -0.137. The van der Waals surface area contributed by atoms with Gasteiger partial charge in [0.15, 0.2) is 0 Å². The van der Waals surface area contributed by atoms with E-state index in [1.807, 2.05) is 20.8 Å². The molecule has 1 atom stereocenters. The molecule has 0 aliphatic carbocycles. The number of benzene rings is 1. The van der Waals surface area contributed by atoms with Gasteiger partial charge in [-0.1, -0.05) is 0 Å². The molecule has 1 fully saturated rings. The maximum atomic E-state index is 12.6. The van der Waals surface area contributed by atoms with Crippen LogP contribution in [0, 0.1) is 5.92 Å². The van der Waals surface area contributed by atoms with Crippen molar-refractivity contribution in [1.82, 2.24) is 10.2 Å². The normalized spacial score (nSPS) is 17.9. The molecule has 0 radical (unpaired) electrons. The van der Waals surface area contributed by atoms with Gasteiger partial charge in [0.25, 0.3) is 0 Å². The van der Waals surface area contributed by atoms with E-state index in [9.17, 15) is 22.8 Å². The van der Waals surface area contributed by atoms with Crippen LogP contribution in [0.4, 0.5) is 23.7 Å². The molecule has 0 saturated carbocycles. The van der Waals surface area contributed by atoms with E-state index in [0.29, 0.717) is 25.2 Å². The predicted octanol–water partition coefficient (Wildman–Crippen LogP) is 4.64. The van der Waals surface area contributed by atoms with Gasteiger partial charge < -0.3 is 15.5 Å². The predicted molar refractivity (Wildman–Crippen MR) is 102 cm³/mol. The second kappa shape index (κ2) is 8.84. The summed E-state index contributed by atoms with van der Waals surface area (Å²) in [6, 6.07) is 4.30. The Hall–Kier alpha value is -2.25. The fourth-order valence-corrected chi connectivity index (χ4v) is 3.19. The number of rotatable bonds is 4. The van der Waals surface area contributed by atoms with Gasteiger partial charge in [0, 0.05) is 30.7 Å². The number of nitrogens with one attached hydrogen (secondary N) is 2. The van der Waals surface area contributed by atoms with Crippen LogP contribution in [0.1, 0.15) is 52.0 Å². The fourth-order valence-electron chi connectivity index (χ4n) is 3.19. The number of carbonyl (C=O) groups is 2. The molecule has 5 nitrogen and oxygen atoms in total. The van der Waals surface area contributed by atoms with Crippen LogP contribution in [0.2, 0.25) is 0 Å². The van der Waals surface area contributed by atoms with Gasteiger partial charge in [-0.05, 0) is 70.2 Å². The number of alkyl halides is 3. The Labute approximate surface area is 163 Å². The minimum Gasteiger partial charge on any atom is -0.333 e. The molecular formula is C20H28F3N3O2. The zero-order valence-electron chi connectivity index (χ0n) is 16.5. The van der Waals surface area contributed by atoms with E-state index in [0.717, 1.165) is 25.0 Å². The summed E-state index contributed by atoms with van der Waals surface area (Å²) in [6.07, 6.45) is -1.66. The number of hydrogen-bond donors (Lipinski definition) is 2. The van der Waals surface area contributed by atoms with Gasteiger partial charge in [-0.2, -0.15) is 13.2 Å². The molecule has 1 aliphatic heterocycles. The molecule has 8 heteroatoms. The van der Waals surface area contributed by atoms with Gasteiger partial charge in [0.2, 0.25) is 5.91 Å². The van der Waals surface area contributed by atoms with Gasteiger partial charge in [-0.25, -0.2) is 4.79 Å². The van der Waals surface area contributed by atoms with Crippen LogP contribution in [0.15, 0.2) is 24.3 Å². The molecule has 1 heterocycles. The summed E-state index contributed by atoms with van der Waals surface area (Å²) in [7, 11) is 0. The van der Waals surface area contributed by atoms with E-state index in [1.165, 1.54) is 12.1 Å². The highest BCUT2D eigenvalue weighted by Gasteiger charge is 2.30. The summed E-state index contributed by atoms with van der Waals surface area (Å²) in [4.78, 5) is 26.2. The zero-order valence-corrected chi connectivity index (χ0v) is 16.5. The first-order chi connectivity index (χ1) is 12.9. The maximum Gasteiger partial charge on any atom is 0.416 e. The van der Waals surface area contributed by atoms with Gasteiger partial charge >= 0.3 is 12.2 Å². The van der Waals surface area contributed by atoms with Crippen molar-refractivity contribution in [3.8, 4) is 0 Å². The zero-order chi connectivity index (χ0) is 20.9. The first-order valence-corrected chi connectivity index (χ1v) is 9.48. The van der Waals surface area contributed by atoms with Gasteiger partial charge in [-0.15, -0.1) is 0 Å². The lowest BCUT2D eigenvalue weighted by Gasteiger charge is -2.35. The summed E-state index contributed by atoms with van der Waals surface area (Å²) in [6.45, 7) is 7.10. The van der Waals surface area contributed by atoms with Crippen molar-refractivity contribution in [3.63, 3.8) is 0 Å². The van der Waals surface area contributed by atoms with Crippen molar-refractivity contribution < 1.29 is 22.8 Å². The number of urea groups is 1. The van der Waals surface area contributed by atoms with E-state index in [1.54, 1.807) is 4.90 Å². The van der Waals surface area contributed by atoms with Crippen LogP contribution in [0.25, 0.3) is 0 Å². The second-order valence-electron chi connectivity index (χ2n) is 8.30. The van der Waals surface area contributed by atoms with Crippen LogP contribution in [-0.4, -0.2) is 35.5 Å².